The van der Waals surface area contributed by atoms with E-state index in [0.717, 1.165) is 0 Å². The molecule has 0 aromatic heterocycles. The Kier molecular flexibility index (Phi) is 11.9. The maximum absolute atomic E-state index is 13.5. The van der Waals surface area contributed by atoms with Gasteiger partial charge < -0.3 is 39.2 Å². The van der Waals surface area contributed by atoms with E-state index in [9.17, 15) is 24.9 Å². The number of carbonyl (C=O) groups excluding carboxylic acids is 2. The minimum atomic E-state index is -1.59. The van der Waals surface area contributed by atoms with E-state index in [1.807, 2.05) is 25.9 Å². The summed E-state index contributed by atoms with van der Waals surface area (Å²) >= 11 is 0. The molecule has 0 aromatic rings. The highest BCUT2D eigenvalue weighted by Crippen LogP contribution is 2.38. The van der Waals surface area contributed by atoms with Crippen molar-refractivity contribution in [1.82, 2.24) is 4.90 Å². The van der Waals surface area contributed by atoms with Gasteiger partial charge in [-0.2, -0.15) is 0 Å². The summed E-state index contributed by atoms with van der Waals surface area (Å²) < 4.78 is 24.3. The number of aliphatic hydroxyl groups excluding tert-OH is 2. The highest BCUT2D eigenvalue weighted by atomic mass is 16.7. The van der Waals surface area contributed by atoms with Gasteiger partial charge >= 0.3 is 5.97 Å². The number of likely N-dealkylation sites (N-methyl/N-ethyl adjacent to an activating group) is 1. The molecule has 0 aromatic carbocycles. The van der Waals surface area contributed by atoms with Crippen molar-refractivity contribution in [3.8, 4) is 0 Å². The van der Waals surface area contributed by atoms with E-state index >= 15 is 0 Å². The monoisotopic (exact) mass is 571 g/mol. The van der Waals surface area contributed by atoms with Crippen molar-refractivity contribution < 1.29 is 43.9 Å². The van der Waals surface area contributed by atoms with Crippen LogP contribution in [-0.2, 0) is 28.5 Å². The number of hydrogen-bond donors (Lipinski definition) is 3. The summed E-state index contributed by atoms with van der Waals surface area (Å²) in [5.41, 5.74) is -2.38. The summed E-state index contributed by atoms with van der Waals surface area (Å²) in [5.74, 6) is -3.09. The molecule has 2 aliphatic heterocycles. The van der Waals surface area contributed by atoms with E-state index in [1.54, 1.807) is 41.5 Å². The Morgan fingerprint density at radius 2 is 1.70 bits per heavy atom. The summed E-state index contributed by atoms with van der Waals surface area (Å²) in [7, 11) is 5.28. The number of cyclic esters (lactones) is 1. The van der Waals surface area contributed by atoms with Crippen LogP contribution >= 0.6 is 0 Å². The lowest BCUT2D eigenvalue weighted by molar-refractivity contribution is -0.301. The van der Waals surface area contributed by atoms with Crippen LogP contribution in [0.4, 0.5) is 0 Å². The molecule has 1 fully saturated rings. The maximum atomic E-state index is 13.5. The number of rotatable bonds is 5. The lowest BCUT2D eigenvalue weighted by atomic mass is 9.76. The van der Waals surface area contributed by atoms with Gasteiger partial charge in [0.1, 0.15) is 17.8 Å². The number of Topliss-reactive ketones (excluding diaryl/α,β-unsaturated/α-hetero) is 1. The molecular weight excluding hydrogens is 518 g/mol. The van der Waals surface area contributed by atoms with Gasteiger partial charge in [-0.05, 0) is 79.6 Å². The second-order valence-corrected chi connectivity index (χ2v) is 12.6. The largest absolute Gasteiger partial charge is 0.459 e. The Morgan fingerprint density at radius 1 is 1.10 bits per heavy atom. The lowest BCUT2D eigenvalue weighted by Gasteiger charge is -2.47. The Balaban J connectivity index is 2.61. The minimum absolute atomic E-state index is 0.197. The van der Waals surface area contributed by atoms with Crippen LogP contribution in [0.1, 0.15) is 74.7 Å². The molecule has 0 radical (unpaired) electrons. The molecule has 12 atom stereocenters. The number of esters is 1. The van der Waals surface area contributed by atoms with E-state index in [2.05, 4.69) is 0 Å². The second-order valence-electron chi connectivity index (χ2n) is 12.6. The van der Waals surface area contributed by atoms with Gasteiger partial charge in [-0.3, -0.25) is 9.59 Å². The summed E-state index contributed by atoms with van der Waals surface area (Å²) in [5, 5.41) is 33.8. The first-order chi connectivity index (χ1) is 18.4. The van der Waals surface area contributed by atoms with Crippen LogP contribution in [0.5, 0.6) is 0 Å². The van der Waals surface area contributed by atoms with Gasteiger partial charge in [0.15, 0.2) is 12.1 Å². The van der Waals surface area contributed by atoms with Crippen LogP contribution in [-0.4, -0.2) is 107 Å². The Morgan fingerprint density at radius 3 is 2.23 bits per heavy atom. The molecule has 1 saturated heterocycles. The number of nitrogens with zero attached hydrogens (tertiary/aromatic N) is 1. The number of methoxy groups -OCH3 is 1. The Labute approximate surface area is 240 Å². The number of allylic oxidation sites excluding steroid dienone is 1. The molecule has 3 N–H and O–H groups in total. The molecule has 0 aliphatic carbocycles. The number of carbonyl (C=O) groups is 2. The molecule has 10 nitrogen and oxygen atoms in total. The molecule has 0 unspecified atom stereocenters. The normalized spacial score (nSPS) is 45.9. The van der Waals surface area contributed by atoms with Crippen molar-refractivity contribution in [2.75, 3.05) is 21.2 Å². The zero-order valence-corrected chi connectivity index (χ0v) is 26.2. The Bertz CT molecular complexity index is 906. The van der Waals surface area contributed by atoms with Gasteiger partial charge in [0.2, 0.25) is 0 Å². The third-order valence-corrected chi connectivity index (χ3v) is 8.86. The summed E-state index contributed by atoms with van der Waals surface area (Å²) in [4.78, 5) is 28.6. The van der Waals surface area contributed by atoms with Gasteiger partial charge in [-0.1, -0.05) is 20.8 Å². The third-order valence-electron chi connectivity index (χ3n) is 8.86. The average Bonchev–Trinajstić information content (AvgIpc) is 2.88. The predicted octanol–water partition coefficient (Wildman–Crippen LogP) is 2.46. The van der Waals surface area contributed by atoms with Crippen LogP contribution in [0.2, 0.25) is 0 Å². The quantitative estimate of drug-likeness (QED) is 0.422. The van der Waals surface area contributed by atoms with E-state index in [-0.39, 0.29) is 24.3 Å². The number of ketones is 1. The molecule has 0 saturated carbocycles. The van der Waals surface area contributed by atoms with E-state index in [0.29, 0.717) is 18.4 Å². The highest BCUT2D eigenvalue weighted by molar-refractivity contribution is 5.96. The fourth-order valence-electron chi connectivity index (χ4n) is 6.27. The van der Waals surface area contributed by atoms with Gasteiger partial charge in [0.25, 0.3) is 0 Å². The van der Waals surface area contributed by atoms with Crippen LogP contribution in [0, 0.1) is 17.8 Å². The first kappa shape index (κ1) is 34.8. The van der Waals surface area contributed by atoms with Gasteiger partial charge in [-0.15, -0.1) is 0 Å². The van der Waals surface area contributed by atoms with Crippen molar-refractivity contribution in [2.45, 2.75) is 129 Å². The van der Waals surface area contributed by atoms with Crippen molar-refractivity contribution in [3.63, 3.8) is 0 Å². The van der Waals surface area contributed by atoms with Crippen LogP contribution in [0.15, 0.2) is 11.6 Å². The molecule has 40 heavy (non-hydrogen) atoms. The third kappa shape index (κ3) is 7.70. The van der Waals surface area contributed by atoms with Crippen LogP contribution in [0.25, 0.3) is 0 Å². The molecule has 0 amide bonds. The smallest absolute Gasteiger partial charge is 0.311 e. The summed E-state index contributed by atoms with van der Waals surface area (Å²) in [6.45, 7) is 13.7. The van der Waals surface area contributed by atoms with Crippen molar-refractivity contribution in [3.05, 3.63) is 11.6 Å². The number of aliphatic hydroxyl groups is 3. The van der Waals surface area contributed by atoms with Crippen molar-refractivity contribution in [2.24, 2.45) is 17.8 Å². The molecule has 2 aliphatic rings. The number of hydrogen-bond acceptors (Lipinski definition) is 10. The standard InChI is InChI=1S/C30H53NO9/c1-12-22-29(7,36)14-16(2)23(32)17(3)15-30(8,37-11)26(19(5)24(33)20(6)27(35)39-22)40-28-25(34)21(31(9)10)13-18(4)38-28/h14,17-22,24-26,28,33-34,36H,12-13,15H2,1-11H3/b16-14+/t17-,18-,19+,20-,21+,22-,24+,25-,26-,28+,29+,30+/m1/s1. The van der Waals surface area contributed by atoms with Gasteiger partial charge in [0.05, 0.1) is 29.8 Å². The molecular formula is C30H53NO9. The fourth-order valence-corrected chi connectivity index (χ4v) is 6.27. The number of ether oxygens (including phenoxy) is 4. The Hall–Kier alpha value is -1.40. The fraction of sp³-hybridized carbons (Fsp3) is 0.867. The van der Waals surface area contributed by atoms with E-state index in [4.69, 9.17) is 18.9 Å². The van der Waals surface area contributed by atoms with Crippen LogP contribution < -0.4 is 0 Å². The molecule has 0 spiro atoms. The summed E-state index contributed by atoms with van der Waals surface area (Å²) in [6.07, 6.45) is -2.68. The molecule has 232 valence electrons. The zero-order chi connectivity index (χ0) is 30.7. The van der Waals surface area contributed by atoms with Crippen molar-refractivity contribution >= 4 is 11.8 Å². The van der Waals surface area contributed by atoms with Crippen LogP contribution in [0.3, 0.4) is 0 Å². The second kappa shape index (κ2) is 13.7. The first-order valence-electron chi connectivity index (χ1n) is 14.4. The maximum Gasteiger partial charge on any atom is 0.311 e. The van der Waals surface area contributed by atoms with E-state index < -0.39 is 65.6 Å². The van der Waals surface area contributed by atoms with Gasteiger partial charge in [0, 0.05) is 25.0 Å². The molecule has 0 bridgehead atoms. The zero-order valence-electron chi connectivity index (χ0n) is 26.2. The highest BCUT2D eigenvalue weighted by Gasteiger charge is 2.49. The first-order valence-corrected chi connectivity index (χ1v) is 14.4. The lowest BCUT2D eigenvalue weighted by Crippen LogP contribution is -2.59. The minimum Gasteiger partial charge on any atom is -0.459 e. The summed E-state index contributed by atoms with van der Waals surface area (Å²) in [6, 6.07) is -0.220. The topological polar surface area (TPSA) is 135 Å². The molecule has 10 heteroatoms. The predicted molar refractivity (Wildman–Crippen MR) is 150 cm³/mol. The van der Waals surface area contributed by atoms with E-state index in [1.165, 1.54) is 20.1 Å². The molecule has 2 rings (SSSR count). The van der Waals surface area contributed by atoms with Gasteiger partial charge in [-0.25, -0.2) is 0 Å². The SMILES string of the molecule is CC[C@H]1OC(=O)[C@H](C)[C@@H](O)[C@H](C)[C@@H](O[C@@H]2O[C@H](C)C[C@H](N(C)C)[C@H]2O)[C@@](C)(OC)C[C@@H](C)C(=O)/C(C)=C/[C@]1(C)O. The van der Waals surface area contributed by atoms with Crippen molar-refractivity contribution in [1.29, 1.82) is 0 Å². The average molecular weight is 572 g/mol. The molecule has 2 heterocycles.